The average Bonchev–Trinajstić information content (AvgIpc) is 2.27. The Bertz CT molecular complexity index is 518. The molecular weight excluding hydrogens is 252 g/mol. The van der Waals surface area contributed by atoms with E-state index in [4.69, 9.17) is 5.73 Å². The number of aliphatic hydroxyl groups excluding tert-OH is 1. The van der Waals surface area contributed by atoms with Crippen LogP contribution in [-0.2, 0) is 15.8 Å². The van der Waals surface area contributed by atoms with Gasteiger partial charge in [-0.1, -0.05) is 18.2 Å². The number of sulfonamides is 1. The second-order valence-corrected chi connectivity index (χ2v) is 6.57. The summed E-state index contributed by atoms with van der Waals surface area (Å²) in [5.41, 5.74) is 6.13. The zero-order valence-electron chi connectivity index (χ0n) is 10.1. The van der Waals surface area contributed by atoms with Crippen molar-refractivity contribution < 1.29 is 13.5 Å². The predicted octanol–water partition coefficient (Wildman–Crippen LogP) is 0.603. The topological polar surface area (TPSA) is 92.4 Å². The van der Waals surface area contributed by atoms with Crippen molar-refractivity contribution >= 4 is 15.7 Å². The minimum absolute atomic E-state index is 0.151. The summed E-state index contributed by atoms with van der Waals surface area (Å²) >= 11 is 0. The van der Waals surface area contributed by atoms with Crippen LogP contribution in [0.25, 0.3) is 0 Å². The molecule has 6 heteroatoms. The van der Waals surface area contributed by atoms with E-state index in [1.807, 2.05) is 0 Å². The number of nitrogens with two attached hydrogens (primary N) is 1. The Morgan fingerprint density at radius 2 is 2.00 bits per heavy atom. The molecule has 1 aliphatic carbocycles. The molecule has 0 aliphatic heterocycles. The number of rotatable bonds is 5. The van der Waals surface area contributed by atoms with E-state index >= 15 is 0 Å². The highest BCUT2D eigenvalue weighted by Crippen LogP contribution is 2.32. The maximum atomic E-state index is 12.0. The Balaban J connectivity index is 2.11. The van der Waals surface area contributed by atoms with E-state index in [2.05, 4.69) is 4.72 Å². The molecule has 0 amide bonds. The smallest absolute Gasteiger partial charge is 0.216 e. The van der Waals surface area contributed by atoms with Gasteiger partial charge in [0.1, 0.15) is 0 Å². The van der Waals surface area contributed by atoms with Gasteiger partial charge < -0.3 is 10.8 Å². The van der Waals surface area contributed by atoms with Crippen LogP contribution in [0.5, 0.6) is 0 Å². The highest BCUT2D eigenvalue weighted by molar-refractivity contribution is 7.88. The maximum absolute atomic E-state index is 12.0. The lowest BCUT2D eigenvalue weighted by Crippen LogP contribution is -2.56. The van der Waals surface area contributed by atoms with Gasteiger partial charge in [-0.15, -0.1) is 0 Å². The van der Waals surface area contributed by atoms with Crippen molar-refractivity contribution in [3.05, 3.63) is 29.8 Å². The molecule has 1 aromatic rings. The van der Waals surface area contributed by atoms with Gasteiger partial charge >= 0.3 is 0 Å². The summed E-state index contributed by atoms with van der Waals surface area (Å²) in [6.07, 6.45) is 2.32. The van der Waals surface area contributed by atoms with Crippen LogP contribution in [0.1, 0.15) is 24.8 Å². The summed E-state index contributed by atoms with van der Waals surface area (Å²) in [6.45, 7) is -0.156. The van der Waals surface area contributed by atoms with Crippen molar-refractivity contribution in [1.29, 1.82) is 0 Å². The summed E-state index contributed by atoms with van der Waals surface area (Å²) in [7, 11) is -3.48. The van der Waals surface area contributed by atoms with Crippen molar-refractivity contribution in [3.8, 4) is 0 Å². The molecule has 0 heterocycles. The molecule has 0 spiro atoms. The molecule has 18 heavy (non-hydrogen) atoms. The van der Waals surface area contributed by atoms with E-state index in [0.717, 1.165) is 6.42 Å². The summed E-state index contributed by atoms with van der Waals surface area (Å²) in [5.74, 6) is -0.151. The lowest BCUT2D eigenvalue weighted by molar-refractivity contribution is 0.110. The number of anilines is 1. The van der Waals surface area contributed by atoms with Gasteiger partial charge in [0.2, 0.25) is 10.0 Å². The van der Waals surface area contributed by atoms with Crippen LogP contribution < -0.4 is 10.5 Å². The predicted molar refractivity (Wildman–Crippen MR) is 70.3 cm³/mol. The van der Waals surface area contributed by atoms with Gasteiger partial charge in [0.05, 0.1) is 17.9 Å². The number of nitrogen functional groups attached to an aromatic ring is 1. The Morgan fingerprint density at radius 1 is 1.33 bits per heavy atom. The van der Waals surface area contributed by atoms with Crippen molar-refractivity contribution in [2.24, 2.45) is 0 Å². The first kappa shape index (κ1) is 13.3. The van der Waals surface area contributed by atoms with Gasteiger partial charge in [-0.05, 0) is 30.9 Å². The Hall–Kier alpha value is -1.11. The average molecular weight is 270 g/mol. The molecule has 0 saturated heterocycles. The number of benzene rings is 1. The zero-order chi connectivity index (χ0) is 13.2. The van der Waals surface area contributed by atoms with Crippen LogP contribution in [0.3, 0.4) is 0 Å². The van der Waals surface area contributed by atoms with E-state index in [9.17, 15) is 13.5 Å². The van der Waals surface area contributed by atoms with Gasteiger partial charge in [-0.25, -0.2) is 13.1 Å². The molecular formula is C12H18N2O3S. The third-order valence-electron chi connectivity index (χ3n) is 3.39. The van der Waals surface area contributed by atoms with Gasteiger partial charge in [0.25, 0.3) is 0 Å². The first-order valence-electron chi connectivity index (χ1n) is 5.92. The third kappa shape index (κ3) is 2.82. The fourth-order valence-electron chi connectivity index (χ4n) is 2.13. The minimum atomic E-state index is -3.48. The Kier molecular flexibility index (Phi) is 3.61. The first-order valence-corrected chi connectivity index (χ1v) is 7.57. The van der Waals surface area contributed by atoms with Gasteiger partial charge in [-0.2, -0.15) is 0 Å². The second-order valence-electron chi connectivity index (χ2n) is 4.85. The Labute approximate surface area is 107 Å². The standard InChI is InChI=1S/C12H18N2O3S/c13-11-5-2-1-4-10(11)8-18(16,17)14-12(9-15)6-3-7-12/h1-2,4-5,14-15H,3,6-9,13H2. The van der Waals surface area contributed by atoms with Crippen LogP contribution in [0, 0.1) is 0 Å². The van der Waals surface area contributed by atoms with Crippen LogP contribution in [-0.4, -0.2) is 25.7 Å². The van der Waals surface area contributed by atoms with E-state index in [1.54, 1.807) is 24.3 Å². The highest BCUT2D eigenvalue weighted by atomic mass is 32.2. The van der Waals surface area contributed by atoms with Crippen molar-refractivity contribution in [2.45, 2.75) is 30.6 Å². The molecule has 0 bridgehead atoms. The molecule has 1 saturated carbocycles. The van der Waals surface area contributed by atoms with Crippen LogP contribution in [0.4, 0.5) is 5.69 Å². The van der Waals surface area contributed by atoms with E-state index < -0.39 is 15.6 Å². The molecule has 0 atom stereocenters. The number of aliphatic hydroxyl groups is 1. The lowest BCUT2D eigenvalue weighted by Gasteiger charge is -2.40. The van der Waals surface area contributed by atoms with Crippen molar-refractivity contribution in [3.63, 3.8) is 0 Å². The molecule has 1 aliphatic rings. The van der Waals surface area contributed by atoms with Gasteiger partial charge in [-0.3, -0.25) is 0 Å². The van der Waals surface area contributed by atoms with E-state index in [0.29, 0.717) is 24.1 Å². The maximum Gasteiger partial charge on any atom is 0.216 e. The minimum Gasteiger partial charge on any atom is -0.398 e. The van der Waals surface area contributed by atoms with Crippen molar-refractivity contribution in [1.82, 2.24) is 4.72 Å². The van der Waals surface area contributed by atoms with Gasteiger partial charge in [0, 0.05) is 5.69 Å². The van der Waals surface area contributed by atoms with Crippen LogP contribution >= 0.6 is 0 Å². The summed E-state index contributed by atoms with van der Waals surface area (Å²) in [5, 5.41) is 9.27. The lowest BCUT2D eigenvalue weighted by atomic mass is 9.78. The summed E-state index contributed by atoms with van der Waals surface area (Å²) < 4.78 is 26.7. The zero-order valence-corrected chi connectivity index (χ0v) is 10.9. The largest absolute Gasteiger partial charge is 0.398 e. The second kappa shape index (κ2) is 4.87. The van der Waals surface area contributed by atoms with Crippen LogP contribution in [0.15, 0.2) is 24.3 Å². The molecule has 1 fully saturated rings. The molecule has 0 unspecified atom stereocenters. The highest BCUT2D eigenvalue weighted by Gasteiger charge is 2.39. The monoisotopic (exact) mass is 270 g/mol. The molecule has 0 radical (unpaired) electrons. The SMILES string of the molecule is Nc1ccccc1CS(=O)(=O)NC1(CO)CCC1. The van der Waals surface area contributed by atoms with Gasteiger partial charge in [0.15, 0.2) is 0 Å². The normalized spacial score (nSPS) is 18.3. The van der Waals surface area contributed by atoms with E-state index in [-0.39, 0.29) is 12.4 Å². The molecule has 1 aromatic carbocycles. The fraction of sp³-hybridized carbons (Fsp3) is 0.500. The number of hydrogen-bond acceptors (Lipinski definition) is 4. The molecule has 2 rings (SSSR count). The molecule has 0 aromatic heterocycles. The molecule has 5 nitrogen and oxygen atoms in total. The Morgan fingerprint density at radius 3 is 2.50 bits per heavy atom. The van der Waals surface area contributed by atoms with E-state index in [1.165, 1.54) is 0 Å². The fourth-order valence-corrected chi connectivity index (χ4v) is 3.81. The molecule has 4 N–H and O–H groups in total. The van der Waals surface area contributed by atoms with Crippen LogP contribution in [0.2, 0.25) is 0 Å². The quantitative estimate of drug-likeness (QED) is 0.683. The number of hydrogen-bond donors (Lipinski definition) is 3. The van der Waals surface area contributed by atoms with Crippen molar-refractivity contribution in [2.75, 3.05) is 12.3 Å². The number of nitrogens with one attached hydrogen (secondary N) is 1. The summed E-state index contributed by atoms with van der Waals surface area (Å²) in [6, 6.07) is 6.89. The molecule has 100 valence electrons. The number of para-hydroxylation sites is 1. The third-order valence-corrected chi connectivity index (χ3v) is 4.82. The first-order chi connectivity index (χ1) is 8.46. The summed E-state index contributed by atoms with van der Waals surface area (Å²) in [4.78, 5) is 0.